The predicted molar refractivity (Wildman–Crippen MR) is 107 cm³/mol. The summed E-state index contributed by atoms with van der Waals surface area (Å²) in [5.41, 5.74) is 2.14. The quantitative estimate of drug-likeness (QED) is 0.765. The highest BCUT2D eigenvalue weighted by atomic mass is 16.2. The second kappa shape index (κ2) is 7.46. The molecule has 0 spiro atoms. The topological polar surface area (TPSA) is 66.3 Å². The molecule has 3 aromatic rings. The van der Waals surface area contributed by atoms with Gasteiger partial charge < -0.3 is 14.8 Å². The number of rotatable bonds is 4. The average Bonchev–Trinajstić information content (AvgIpc) is 3.09. The largest absolute Gasteiger partial charge is 0.334 e. The van der Waals surface area contributed by atoms with E-state index in [4.69, 9.17) is 0 Å². The zero-order valence-electron chi connectivity index (χ0n) is 15.7. The Bertz CT molecular complexity index is 958. The van der Waals surface area contributed by atoms with E-state index in [0.29, 0.717) is 12.4 Å². The van der Waals surface area contributed by atoms with Crippen molar-refractivity contribution in [3.63, 3.8) is 0 Å². The monoisotopic (exact) mass is 364 g/mol. The number of fused-ring (bicyclic) bond motifs is 1. The second-order valence-corrected chi connectivity index (χ2v) is 7.15. The van der Waals surface area contributed by atoms with E-state index >= 15 is 0 Å². The van der Waals surface area contributed by atoms with Gasteiger partial charge in [0.1, 0.15) is 5.82 Å². The van der Waals surface area contributed by atoms with Crippen molar-refractivity contribution >= 4 is 22.5 Å². The van der Waals surface area contributed by atoms with E-state index in [-0.39, 0.29) is 5.91 Å². The van der Waals surface area contributed by atoms with Gasteiger partial charge in [-0.15, -0.1) is 0 Å². The van der Waals surface area contributed by atoms with Crippen LogP contribution in [-0.4, -0.2) is 70.0 Å². The van der Waals surface area contributed by atoms with E-state index in [2.05, 4.69) is 44.3 Å². The van der Waals surface area contributed by atoms with Crippen LogP contribution in [0, 0.1) is 0 Å². The summed E-state index contributed by atoms with van der Waals surface area (Å²) in [6.07, 6.45) is 5.44. The molecule has 0 saturated carbocycles. The first-order chi connectivity index (χ1) is 13.1. The lowest BCUT2D eigenvalue weighted by Crippen LogP contribution is -2.47. The molecule has 1 aromatic carbocycles. The number of piperazine rings is 1. The molecule has 27 heavy (non-hydrogen) atoms. The van der Waals surface area contributed by atoms with Crippen LogP contribution in [0.3, 0.4) is 0 Å². The Labute approximate surface area is 158 Å². The van der Waals surface area contributed by atoms with Gasteiger partial charge in [0.05, 0.1) is 24.8 Å². The van der Waals surface area contributed by atoms with Crippen molar-refractivity contribution in [2.45, 2.75) is 0 Å². The lowest BCUT2D eigenvalue weighted by molar-refractivity contribution is -0.117. The van der Waals surface area contributed by atoms with Crippen molar-refractivity contribution in [2.24, 2.45) is 7.05 Å². The molecule has 0 atom stereocenters. The van der Waals surface area contributed by atoms with Crippen molar-refractivity contribution in [3.05, 3.63) is 43.0 Å². The maximum Gasteiger partial charge on any atom is 0.239 e. The summed E-state index contributed by atoms with van der Waals surface area (Å²) < 4.78 is 1.99. The Morgan fingerprint density at radius 1 is 1.07 bits per heavy atom. The van der Waals surface area contributed by atoms with Gasteiger partial charge in [0.2, 0.25) is 5.91 Å². The lowest BCUT2D eigenvalue weighted by Gasteiger charge is -2.31. The van der Waals surface area contributed by atoms with E-state index in [9.17, 15) is 4.79 Å². The molecule has 1 aliphatic rings. The van der Waals surface area contributed by atoms with Crippen LogP contribution in [0.2, 0.25) is 0 Å². The number of imidazole rings is 1. The van der Waals surface area contributed by atoms with Crippen molar-refractivity contribution < 1.29 is 4.79 Å². The highest BCUT2D eigenvalue weighted by Gasteiger charge is 2.16. The molecule has 7 nitrogen and oxygen atoms in total. The number of aromatic nitrogens is 3. The number of pyridine rings is 1. The van der Waals surface area contributed by atoms with Gasteiger partial charge in [-0.25, -0.2) is 9.97 Å². The molecule has 1 amide bonds. The maximum absolute atomic E-state index is 12.4. The average molecular weight is 364 g/mol. The summed E-state index contributed by atoms with van der Waals surface area (Å²) in [6, 6.07) is 8.13. The Balaban J connectivity index is 1.49. The summed E-state index contributed by atoms with van der Waals surface area (Å²) in [5, 5.41) is 5.02. The van der Waals surface area contributed by atoms with Crippen molar-refractivity contribution in [2.75, 3.05) is 45.1 Å². The van der Waals surface area contributed by atoms with E-state index in [1.807, 2.05) is 29.9 Å². The van der Waals surface area contributed by atoms with Gasteiger partial charge in [-0.05, 0) is 24.6 Å². The highest BCUT2D eigenvalue weighted by Crippen LogP contribution is 2.25. The summed E-state index contributed by atoms with van der Waals surface area (Å²) in [5.74, 6) is 0.568. The molecular weight excluding hydrogens is 340 g/mol. The lowest BCUT2D eigenvalue weighted by atomic mass is 10.1. The van der Waals surface area contributed by atoms with Crippen molar-refractivity contribution in [1.29, 1.82) is 0 Å². The molecular formula is C20H24N6O. The predicted octanol–water partition coefficient (Wildman–Crippen LogP) is 1.82. The number of anilines is 1. The van der Waals surface area contributed by atoms with E-state index in [1.165, 1.54) is 0 Å². The minimum atomic E-state index is -0.0193. The van der Waals surface area contributed by atoms with Crippen LogP contribution in [0.25, 0.3) is 22.0 Å². The van der Waals surface area contributed by atoms with Crippen LogP contribution in [0.15, 0.2) is 43.0 Å². The standard InChI is InChI=1S/C20H24N6O/c1-24-5-7-26(8-6-24)13-20(27)23-19-10-17-9-15(3-4-16(17)11-22-19)18-12-21-14-25(18)2/h3-4,9-12,14H,5-8,13H2,1-2H3,(H,22,23,27). The van der Waals surface area contributed by atoms with Crippen LogP contribution >= 0.6 is 0 Å². The van der Waals surface area contributed by atoms with Crippen LogP contribution in [0.4, 0.5) is 5.82 Å². The molecule has 3 heterocycles. The van der Waals surface area contributed by atoms with Gasteiger partial charge in [-0.2, -0.15) is 0 Å². The van der Waals surface area contributed by atoms with Crippen molar-refractivity contribution in [1.82, 2.24) is 24.3 Å². The first-order valence-corrected chi connectivity index (χ1v) is 9.16. The molecule has 1 saturated heterocycles. The number of benzene rings is 1. The van der Waals surface area contributed by atoms with Gasteiger partial charge >= 0.3 is 0 Å². The Kier molecular flexibility index (Phi) is 4.87. The van der Waals surface area contributed by atoms with Gasteiger partial charge in [0, 0.05) is 50.4 Å². The zero-order chi connectivity index (χ0) is 18.8. The number of carbonyl (C=O) groups is 1. The summed E-state index contributed by atoms with van der Waals surface area (Å²) in [4.78, 5) is 25.4. The molecule has 0 unspecified atom stereocenters. The van der Waals surface area contributed by atoms with Gasteiger partial charge in [-0.3, -0.25) is 9.69 Å². The molecule has 0 radical (unpaired) electrons. The summed E-state index contributed by atoms with van der Waals surface area (Å²) >= 11 is 0. The molecule has 0 aliphatic carbocycles. The molecule has 1 aliphatic heterocycles. The molecule has 7 heteroatoms. The number of amides is 1. The molecule has 0 bridgehead atoms. The number of carbonyl (C=O) groups excluding carboxylic acids is 1. The number of likely N-dealkylation sites (N-methyl/N-ethyl adjacent to an activating group) is 1. The zero-order valence-corrected chi connectivity index (χ0v) is 15.7. The molecule has 4 rings (SSSR count). The number of aryl methyl sites for hydroxylation is 1. The summed E-state index contributed by atoms with van der Waals surface area (Å²) in [7, 11) is 4.08. The minimum Gasteiger partial charge on any atom is -0.334 e. The SMILES string of the molecule is CN1CCN(CC(=O)Nc2cc3cc(-c4cncn4C)ccc3cn2)CC1. The fourth-order valence-electron chi connectivity index (χ4n) is 3.40. The highest BCUT2D eigenvalue weighted by molar-refractivity contribution is 5.94. The molecule has 1 N–H and O–H groups in total. The normalized spacial score (nSPS) is 15.9. The van der Waals surface area contributed by atoms with Crippen LogP contribution < -0.4 is 5.32 Å². The third-order valence-corrected chi connectivity index (χ3v) is 5.06. The van der Waals surface area contributed by atoms with Crippen molar-refractivity contribution in [3.8, 4) is 11.3 Å². The first kappa shape index (κ1) is 17.6. The smallest absolute Gasteiger partial charge is 0.239 e. The van der Waals surface area contributed by atoms with Gasteiger partial charge in [0.15, 0.2) is 0 Å². The Morgan fingerprint density at radius 2 is 1.89 bits per heavy atom. The molecule has 140 valence electrons. The second-order valence-electron chi connectivity index (χ2n) is 7.15. The fourth-order valence-corrected chi connectivity index (χ4v) is 3.40. The number of hydrogen-bond acceptors (Lipinski definition) is 5. The number of hydrogen-bond donors (Lipinski definition) is 1. The van der Waals surface area contributed by atoms with Crippen LogP contribution in [-0.2, 0) is 11.8 Å². The van der Waals surface area contributed by atoms with Crippen LogP contribution in [0.5, 0.6) is 0 Å². The number of nitrogens with one attached hydrogen (secondary N) is 1. The number of nitrogens with zero attached hydrogens (tertiary/aromatic N) is 5. The third kappa shape index (κ3) is 3.99. The van der Waals surface area contributed by atoms with Crippen LogP contribution in [0.1, 0.15) is 0 Å². The van der Waals surface area contributed by atoms with Gasteiger partial charge in [0.25, 0.3) is 0 Å². The Morgan fingerprint density at radius 3 is 2.63 bits per heavy atom. The minimum absolute atomic E-state index is 0.0193. The third-order valence-electron chi connectivity index (χ3n) is 5.06. The van der Waals surface area contributed by atoms with E-state index in [1.54, 1.807) is 12.5 Å². The van der Waals surface area contributed by atoms with E-state index < -0.39 is 0 Å². The molecule has 2 aromatic heterocycles. The Hall–Kier alpha value is -2.77. The maximum atomic E-state index is 12.4. The fraction of sp³-hybridized carbons (Fsp3) is 0.350. The molecule has 1 fully saturated rings. The van der Waals surface area contributed by atoms with E-state index in [0.717, 1.165) is 48.2 Å². The first-order valence-electron chi connectivity index (χ1n) is 9.16. The van der Waals surface area contributed by atoms with Gasteiger partial charge in [-0.1, -0.05) is 12.1 Å². The summed E-state index contributed by atoms with van der Waals surface area (Å²) in [6.45, 7) is 4.24.